The molecule has 90 valence electrons. The van der Waals surface area contributed by atoms with Gasteiger partial charge < -0.3 is 15.5 Å². The number of nitrogens with zero attached hydrogens (tertiary/aromatic N) is 1. The first-order chi connectivity index (χ1) is 8.15. The van der Waals surface area contributed by atoms with E-state index in [9.17, 15) is 0 Å². The van der Waals surface area contributed by atoms with Gasteiger partial charge in [0.15, 0.2) is 5.95 Å². The second-order valence-corrected chi connectivity index (χ2v) is 4.05. The van der Waals surface area contributed by atoms with Gasteiger partial charge in [0, 0.05) is 5.56 Å². The number of nitrogen functional groups attached to an aromatic ring is 1. The van der Waals surface area contributed by atoms with E-state index in [1.165, 1.54) is 5.56 Å². The third-order valence-electron chi connectivity index (χ3n) is 2.61. The number of H-pyrrole nitrogens is 1. The Bertz CT molecular complexity index is 537. The van der Waals surface area contributed by atoms with Gasteiger partial charge in [-0.25, -0.2) is 4.98 Å². The van der Waals surface area contributed by atoms with Crippen molar-refractivity contribution in [2.24, 2.45) is 0 Å². The first-order valence-electron chi connectivity index (χ1n) is 5.34. The molecule has 0 spiro atoms. The van der Waals surface area contributed by atoms with Crippen LogP contribution in [0.15, 0.2) is 18.2 Å². The van der Waals surface area contributed by atoms with E-state index >= 15 is 0 Å². The van der Waals surface area contributed by atoms with E-state index in [4.69, 9.17) is 22.1 Å². The number of nitrogens with one attached hydrogen (secondary N) is 1. The van der Waals surface area contributed by atoms with Crippen LogP contribution in [-0.2, 0) is 6.42 Å². The number of rotatable bonds is 3. The highest BCUT2D eigenvalue weighted by Crippen LogP contribution is 2.34. The molecule has 0 aliphatic heterocycles. The number of hydrogen-bond acceptors (Lipinski definition) is 3. The summed E-state index contributed by atoms with van der Waals surface area (Å²) in [6, 6.07) is 5.95. The number of nitrogens with two attached hydrogens (primary N) is 1. The van der Waals surface area contributed by atoms with Crippen LogP contribution in [0.1, 0.15) is 12.5 Å². The van der Waals surface area contributed by atoms with Crippen LogP contribution in [0.25, 0.3) is 11.3 Å². The Morgan fingerprint density at radius 3 is 2.76 bits per heavy atom. The molecule has 0 atom stereocenters. The molecule has 0 aliphatic rings. The molecule has 0 saturated heterocycles. The van der Waals surface area contributed by atoms with Crippen molar-refractivity contribution in [3.8, 4) is 17.0 Å². The number of imidazole rings is 1. The topological polar surface area (TPSA) is 63.9 Å². The van der Waals surface area contributed by atoms with Crippen molar-refractivity contribution >= 4 is 17.5 Å². The summed E-state index contributed by atoms with van der Waals surface area (Å²) in [5, 5.41) is 0.425. The minimum absolute atomic E-state index is 0.300. The summed E-state index contributed by atoms with van der Waals surface area (Å²) in [5.74, 6) is 1.03. The molecule has 3 N–H and O–H groups in total. The highest BCUT2D eigenvalue weighted by atomic mass is 35.5. The summed E-state index contributed by atoms with van der Waals surface area (Å²) in [6.07, 6.45) is 0.939. The van der Waals surface area contributed by atoms with E-state index in [1.807, 2.05) is 18.2 Å². The van der Waals surface area contributed by atoms with E-state index in [1.54, 1.807) is 7.11 Å². The first kappa shape index (κ1) is 11.8. The van der Waals surface area contributed by atoms with E-state index in [0.29, 0.717) is 16.8 Å². The maximum atomic E-state index is 6.05. The van der Waals surface area contributed by atoms with Crippen LogP contribution in [0, 0.1) is 0 Å². The van der Waals surface area contributed by atoms with E-state index < -0.39 is 0 Å². The van der Waals surface area contributed by atoms with Crippen molar-refractivity contribution < 1.29 is 4.74 Å². The predicted octanol–water partition coefficient (Wildman–Crippen LogP) is 2.88. The standard InChI is InChI=1S/C12H14ClN3O/c1-3-7-4-5-9(17-2)8(6-7)10-11(13)16-12(14)15-10/h4-6H,3H2,1-2H3,(H3,14,15,16). The molecule has 2 aromatic rings. The van der Waals surface area contributed by atoms with Gasteiger partial charge in [-0.05, 0) is 24.1 Å². The Hall–Kier alpha value is -1.68. The Morgan fingerprint density at radius 1 is 1.47 bits per heavy atom. The van der Waals surface area contributed by atoms with Gasteiger partial charge in [-0.15, -0.1) is 0 Å². The number of ether oxygens (including phenoxy) is 1. The van der Waals surface area contributed by atoms with Crippen LogP contribution in [-0.4, -0.2) is 17.1 Å². The molecule has 0 fully saturated rings. The van der Waals surface area contributed by atoms with Crippen molar-refractivity contribution in [3.05, 3.63) is 28.9 Å². The van der Waals surface area contributed by atoms with E-state index in [2.05, 4.69) is 16.9 Å². The highest BCUT2D eigenvalue weighted by molar-refractivity contribution is 6.32. The van der Waals surface area contributed by atoms with Crippen LogP contribution in [0.4, 0.5) is 5.95 Å². The number of aromatic nitrogens is 2. The fraction of sp³-hybridized carbons (Fsp3) is 0.250. The van der Waals surface area contributed by atoms with E-state index in [-0.39, 0.29) is 0 Å². The first-order valence-corrected chi connectivity index (χ1v) is 5.71. The molecule has 4 nitrogen and oxygen atoms in total. The van der Waals surface area contributed by atoms with Crippen LogP contribution in [0.3, 0.4) is 0 Å². The van der Waals surface area contributed by atoms with Crippen LogP contribution in [0.5, 0.6) is 5.75 Å². The number of aryl methyl sites for hydroxylation is 1. The lowest BCUT2D eigenvalue weighted by molar-refractivity contribution is 0.416. The Morgan fingerprint density at radius 2 is 2.24 bits per heavy atom. The van der Waals surface area contributed by atoms with E-state index in [0.717, 1.165) is 17.7 Å². The third kappa shape index (κ3) is 2.22. The quantitative estimate of drug-likeness (QED) is 0.882. The fourth-order valence-electron chi connectivity index (χ4n) is 1.71. The van der Waals surface area contributed by atoms with Gasteiger partial charge in [-0.2, -0.15) is 0 Å². The molecule has 0 saturated carbocycles. The molecule has 1 heterocycles. The number of methoxy groups -OCH3 is 1. The molecule has 5 heteroatoms. The maximum Gasteiger partial charge on any atom is 0.199 e. The van der Waals surface area contributed by atoms with Crippen LogP contribution >= 0.6 is 11.6 Å². The van der Waals surface area contributed by atoms with Crippen molar-refractivity contribution in [3.63, 3.8) is 0 Å². The monoisotopic (exact) mass is 251 g/mol. The molecule has 2 rings (SSSR count). The summed E-state index contributed by atoms with van der Waals surface area (Å²) in [5.41, 5.74) is 8.25. The SMILES string of the molecule is CCc1ccc(OC)c(-c2nc(N)[nH]c2Cl)c1. The lowest BCUT2D eigenvalue weighted by Crippen LogP contribution is -1.91. The number of hydrogen-bond donors (Lipinski definition) is 2. The van der Waals surface area contributed by atoms with Crippen molar-refractivity contribution in [1.82, 2.24) is 9.97 Å². The van der Waals surface area contributed by atoms with Crippen LogP contribution < -0.4 is 10.5 Å². The Balaban J connectivity index is 2.59. The second kappa shape index (κ2) is 4.67. The normalized spacial score (nSPS) is 10.5. The summed E-state index contributed by atoms with van der Waals surface area (Å²) in [4.78, 5) is 6.95. The fourth-order valence-corrected chi connectivity index (χ4v) is 1.95. The summed E-state index contributed by atoms with van der Waals surface area (Å²) in [7, 11) is 1.62. The summed E-state index contributed by atoms with van der Waals surface area (Å²) < 4.78 is 5.31. The van der Waals surface area contributed by atoms with Crippen molar-refractivity contribution in [2.45, 2.75) is 13.3 Å². The molecule has 0 bridgehead atoms. The minimum atomic E-state index is 0.300. The zero-order chi connectivity index (χ0) is 12.4. The van der Waals surface area contributed by atoms with Crippen molar-refractivity contribution in [2.75, 3.05) is 12.8 Å². The molecular formula is C12H14ClN3O. The zero-order valence-corrected chi connectivity index (χ0v) is 10.5. The molecule has 0 amide bonds. The predicted molar refractivity (Wildman–Crippen MR) is 69.4 cm³/mol. The van der Waals surface area contributed by atoms with Gasteiger partial charge in [0.2, 0.25) is 0 Å². The lowest BCUT2D eigenvalue weighted by atomic mass is 10.1. The second-order valence-electron chi connectivity index (χ2n) is 3.67. The largest absolute Gasteiger partial charge is 0.496 e. The lowest BCUT2D eigenvalue weighted by Gasteiger charge is -2.08. The van der Waals surface area contributed by atoms with Gasteiger partial charge in [-0.1, -0.05) is 24.6 Å². The van der Waals surface area contributed by atoms with Gasteiger partial charge in [0.25, 0.3) is 0 Å². The number of halogens is 1. The third-order valence-corrected chi connectivity index (χ3v) is 2.88. The van der Waals surface area contributed by atoms with Crippen molar-refractivity contribution in [1.29, 1.82) is 0 Å². The molecule has 1 aromatic carbocycles. The average molecular weight is 252 g/mol. The molecule has 0 aliphatic carbocycles. The van der Waals surface area contributed by atoms with Gasteiger partial charge >= 0.3 is 0 Å². The summed E-state index contributed by atoms with van der Waals surface area (Å²) in [6.45, 7) is 2.09. The molecular weight excluding hydrogens is 238 g/mol. The Kier molecular flexibility index (Phi) is 3.24. The van der Waals surface area contributed by atoms with Gasteiger partial charge in [-0.3, -0.25) is 0 Å². The van der Waals surface area contributed by atoms with Gasteiger partial charge in [0.05, 0.1) is 7.11 Å². The Labute approximate surface area is 105 Å². The molecule has 0 unspecified atom stereocenters. The number of anilines is 1. The van der Waals surface area contributed by atoms with Gasteiger partial charge in [0.1, 0.15) is 16.6 Å². The molecule has 1 aromatic heterocycles. The zero-order valence-electron chi connectivity index (χ0n) is 9.75. The number of aromatic amines is 1. The molecule has 17 heavy (non-hydrogen) atoms. The highest BCUT2D eigenvalue weighted by Gasteiger charge is 2.14. The molecule has 0 radical (unpaired) electrons. The minimum Gasteiger partial charge on any atom is -0.496 e. The average Bonchev–Trinajstić information content (AvgIpc) is 2.67. The summed E-state index contributed by atoms with van der Waals surface area (Å²) >= 11 is 6.05. The number of benzene rings is 1. The smallest absolute Gasteiger partial charge is 0.199 e. The van der Waals surface area contributed by atoms with Crippen LogP contribution in [0.2, 0.25) is 5.15 Å². The maximum absolute atomic E-state index is 6.05.